The molecule has 0 bridgehead atoms. The zero-order valence-electron chi connectivity index (χ0n) is 10.3. The first kappa shape index (κ1) is 12.6. The molecular formula is C14H14BrN3O. The summed E-state index contributed by atoms with van der Waals surface area (Å²) in [5.41, 5.74) is 1.60. The fourth-order valence-corrected chi connectivity index (χ4v) is 2.54. The Morgan fingerprint density at radius 3 is 3.05 bits per heavy atom. The number of benzene rings is 1. The Morgan fingerprint density at radius 2 is 2.32 bits per heavy atom. The van der Waals surface area contributed by atoms with E-state index in [1.54, 1.807) is 6.20 Å². The molecule has 1 aliphatic heterocycles. The minimum absolute atomic E-state index is 0.0590. The Hall–Kier alpha value is -1.46. The second-order valence-corrected chi connectivity index (χ2v) is 5.72. The Bertz CT molecular complexity index is 625. The van der Waals surface area contributed by atoms with Crippen molar-refractivity contribution in [2.24, 2.45) is 5.92 Å². The van der Waals surface area contributed by atoms with Gasteiger partial charge in [0.15, 0.2) is 0 Å². The molecule has 19 heavy (non-hydrogen) atoms. The monoisotopic (exact) mass is 319 g/mol. The molecule has 1 aromatic carbocycles. The van der Waals surface area contributed by atoms with Gasteiger partial charge in [0.05, 0.1) is 11.2 Å². The van der Waals surface area contributed by atoms with Crippen LogP contribution in [0.1, 0.15) is 6.42 Å². The van der Waals surface area contributed by atoms with Crippen molar-refractivity contribution < 1.29 is 4.79 Å². The van der Waals surface area contributed by atoms with Crippen molar-refractivity contribution in [1.82, 2.24) is 10.3 Å². The number of nitrogens with one attached hydrogen (secondary N) is 2. The van der Waals surface area contributed by atoms with E-state index in [1.165, 1.54) is 0 Å². The Morgan fingerprint density at radius 1 is 1.47 bits per heavy atom. The Labute approximate surface area is 119 Å². The fraction of sp³-hybridized carbons (Fsp3) is 0.286. The maximum atomic E-state index is 12.0. The van der Waals surface area contributed by atoms with Crippen molar-refractivity contribution in [3.05, 3.63) is 34.9 Å². The van der Waals surface area contributed by atoms with Gasteiger partial charge in [0, 0.05) is 22.5 Å². The number of amides is 1. The van der Waals surface area contributed by atoms with Gasteiger partial charge >= 0.3 is 0 Å². The summed E-state index contributed by atoms with van der Waals surface area (Å²) in [7, 11) is 0. The molecule has 4 nitrogen and oxygen atoms in total. The predicted octanol–water partition coefficient (Wildman–Crippen LogP) is 2.55. The fourth-order valence-electron chi connectivity index (χ4n) is 2.19. The summed E-state index contributed by atoms with van der Waals surface area (Å²) in [4.78, 5) is 16.3. The summed E-state index contributed by atoms with van der Waals surface area (Å²) in [6, 6.07) is 7.80. The highest BCUT2D eigenvalue weighted by Gasteiger charge is 2.20. The molecule has 98 valence electrons. The number of hydrogen-bond donors (Lipinski definition) is 2. The number of carbonyl (C=O) groups is 1. The zero-order chi connectivity index (χ0) is 13.2. The van der Waals surface area contributed by atoms with E-state index in [0.717, 1.165) is 34.2 Å². The maximum Gasteiger partial charge on any atom is 0.224 e. The number of nitrogens with zero attached hydrogens (tertiary/aromatic N) is 1. The first-order valence-corrected chi connectivity index (χ1v) is 7.06. The van der Waals surface area contributed by atoms with Crippen molar-refractivity contribution in [1.29, 1.82) is 0 Å². The molecule has 1 amide bonds. The molecule has 0 atom stereocenters. The molecular weight excluding hydrogens is 306 g/mol. The van der Waals surface area contributed by atoms with E-state index in [0.29, 0.717) is 12.3 Å². The Kier molecular flexibility index (Phi) is 3.48. The van der Waals surface area contributed by atoms with Gasteiger partial charge < -0.3 is 10.6 Å². The van der Waals surface area contributed by atoms with Gasteiger partial charge in [-0.1, -0.05) is 12.1 Å². The Balaban J connectivity index is 1.81. The van der Waals surface area contributed by atoms with Gasteiger partial charge in [0.1, 0.15) is 0 Å². The van der Waals surface area contributed by atoms with Crippen LogP contribution in [0.4, 0.5) is 5.69 Å². The molecule has 1 saturated heterocycles. The van der Waals surface area contributed by atoms with E-state index in [-0.39, 0.29) is 5.91 Å². The van der Waals surface area contributed by atoms with Crippen molar-refractivity contribution in [2.75, 3.05) is 18.4 Å². The molecule has 3 rings (SSSR count). The topological polar surface area (TPSA) is 54.0 Å². The molecule has 2 N–H and O–H groups in total. The number of fused-ring (bicyclic) bond motifs is 1. The summed E-state index contributed by atoms with van der Waals surface area (Å²) in [5.74, 6) is 0.529. The molecule has 2 aromatic rings. The van der Waals surface area contributed by atoms with Crippen LogP contribution in [-0.2, 0) is 4.79 Å². The van der Waals surface area contributed by atoms with Crippen LogP contribution in [0.2, 0.25) is 0 Å². The molecule has 0 aliphatic carbocycles. The van der Waals surface area contributed by atoms with Crippen LogP contribution in [0.3, 0.4) is 0 Å². The molecule has 1 aliphatic rings. The van der Waals surface area contributed by atoms with E-state index in [9.17, 15) is 4.79 Å². The quantitative estimate of drug-likeness (QED) is 0.914. The van der Waals surface area contributed by atoms with Crippen molar-refractivity contribution >= 4 is 38.4 Å². The first-order valence-electron chi connectivity index (χ1n) is 6.27. The minimum atomic E-state index is 0.0590. The van der Waals surface area contributed by atoms with Crippen molar-refractivity contribution in [3.8, 4) is 0 Å². The summed E-state index contributed by atoms with van der Waals surface area (Å²) in [6.45, 7) is 1.88. The SMILES string of the molecule is O=C(CC1CNC1)Nc1cccc2cc(Br)cnc12. The highest BCUT2D eigenvalue weighted by molar-refractivity contribution is 9.10. The second kappa shape index (κ2) is 5.27. The van der Waals surface area contributed by atoms with Gasteiger partial charge in [-0.05, 0) is 47.1 Å². The van der Waals surface area contributed by atoms with E-state index in [1.807, 2.05) is 24.3 Å². The van der Waals surface area contributed by atoms with Crippen LogP contribution in [0.25, 0.3) is 10.9 Å². The molecule has 0 saturated carbocycles. The molecule has 2 heterocycles. The van der Waals surface area contributed by atoms with Crippen LogP contribution in [-0.4, -0.2) is 24.0 Å². The lowest BCUT2D eigenvalue weighted by molar-refractivity contribution is -0.117. The maximum absolute atomic E-state index is 12.0. The van der Waals surface area contributed by atoms with E-state index in [4.69, 9.17) is 0 Å². The van der Waals surface area contributed by atoms with E-state index >= 15 is 0 Å². The number of halogens is 1. The van der Waals surface area contributed by atoms with Crippen molar-refractivity contribution in [3.63, 3.8) is 0 Å². The number of para-hydroxylation sites is 1. The summed E-state index contributed by atoms with van der Waals surface area (Å²) in [5, 5.41) is 7.14. The molecule has 1 aromatic heterocycles. The van der Waals surface area contributed by atoms with Crippen LogP contribution in [0.15, 0.2) is 34.9 Å². The summed E-state index contributed by atoms with van der Waals surface area (Å²) >= 11 is 3.40. The standard InChI is InChI=1S/C14H14BrN3O/c15-11-5-10-2-1-3-12(14(10)17-8-11)18-13(19)4-9-6-16-7-9/h1-3,5,8-9,16H,4,6-7H2,(H,18,19). The third kappa shape index (κ3) is 2.77. The van der Waals surface area contributed by atoms with Crippen LogP contribution in [0.5, 0.6) is 0 Å². The summed E-state index contributed by atoms with van der Waals surface area (Å²) < 4.78 is 0.934. The van der Waals surface area contributed by atoms with Crippen LogP contribution < -0.4 is 10.6 Å². The van der Waals surface area contributed by atoms with E-state index < -0.39 is 0 Å². The number of hydrogen-bond acceptors (Lipinski definition) is 3. The van der Waals surface area contributed by atoms with Crippen LogP contribution >= 0.6 is 15.9 Å². The average molecular weight is 320 g/mol. The average Bonchev–Trinajstić information content (AvgIpc) is 2.34. The van der Waals surface area contributed by atoms with Gasteiger partial charge in [-0.15, -0.1) is 0 Å². The third-order valence-electron chi connectivity index (χ3n) is 3.29. The molecule has 0 spiro atoms. The van der Waals surface area contributed by atoms with Gasteiger partial charge in [0.25, 0.3) is 0 Å². The highest BCUT2D eigenvalue weighted by Crippen LogP contribution is 2.24. The van der Waals surface area contributed by atoms with Gasteiger partial charge in [-0.2, -0.15) is 0 Å². The zero-order valence-corrected chi connectivity index (χ0v) is 11.9. The molecule has 0 unspecified atom stereocenters. The second-order valence-electron chi connectivity index (χ2n) is 4.81. The predicted molar refractivity (Wildman–Crippen MR) is 79.0 cm³/mol. The lowest BCUT2D eigenvalue weighted by Crippen LogP contribution is -2.43. The number of anilines is 1. The smallest absolute Gasteiger partial charge is 0.224 e. The number of rotatable bonds is 3. The van der Waals surface area contributed by atoms with Gasteiger partial charge in [-0.3, -0.25) is 9.78 Å². The first-order chi connectivity index (χ1) is 9.22. The van der Waals surface area contributed by atoms with Gasteiger partial charge in [0.2, 0.25) is 5.91 Å². The lowest BCUT2D eigenvalue weighted by atomic mass is 9.99. The molecule has 0 radical (unpaired) electrons. The molecule has 1 fully saturated rings. The summed E-state index contributed by atoms with van der Waals surface area (Å²) in [6.07, 6.45) is 2.31. The van der Waals surface area contributed by atoms with Gasteiger partial charge in [-0.25, -0.2) is 0 Å². The normalized spacial score (nSPS) is 15.2. The van der Waals surface area contributed by atoms with Crippen LogP contribution in [0, 0.1) is 5.92 Å². The minimum Gasteiger partial charge on any atom is -0.324 e. The lowest BCUT2D eigenvalue weighted by Gasteiger charge is -2.26. The number of pyridine rings is 1. The third-order valence-corrected chi connectivity index (χ3v) is 3.73. The largest absolute Gasteiger partial charge is 0.324 e. The number of carbonyl (C=O) groups excluding carboxylic acids is 1. The highest BCUT2D eigenvalue weighted by atomic mass is 79.9. The van der Waals surface area contributed by atoms with Crippen molar-refractivity contribution in [2.45, 2.75) is 6.42 Å². The molecule has 5 heteroatoms. The van der Waals surface area contributed by atoms with E-state index in [2.05, 4.69) is 31.5 Å². The number of aromatic nitrogens is 1.